The summed E-state index contributed by atoms with van der Waals surface area (Å²) in [7, 11) is 1.50. The first-order valence-corrected chi connectivity index (χ1v) is 14.6. The van der Waals surface area contributed by atoms with Crippen LogP contribution in [0.2, 0.25) is 5.02 Å². The molecule has 6 N–H and O–H groups in total. The summed E-state index contributed by atoms with van der Waals surface area (Å²) in [5.74, 6) is 1.15. The number of aromatic amines is 1. The number of benzene rings is 2. The molecule has 3 aromatic rings. The van der Waals surface area contributed by atoms with Crippen molar-refractivity contribution in [1.82, 2.24) is 20.6 Å². The molecule has 0 radical (unpaired) electrons. The SMILES string of the molecule is C=C(NCc1ccc(Cl)c(Nc2nc3ccc(C(=O)NCC4CCCCC4)cc3[nH]2)c1)C1(C)CCCC1.CN. The number of amides is 1. The van der Waals surface area contributed by atoms with Gasteiger partial charge in [0.25, 0.3) is 5.91 Å². The van der Waals surface area contributed by atoms with E-state index in [1.807, 2.05) is 36.4 Å². The summed E-state index contributed by atoms with van der Waals surface area (Å²) in [6, 6.07) is 11.5. The number of fused-ring (bicyclic) bond motifs is 1. The van der Waals surface area contributed by atoms with E-state index in [-0.39, 0.29) is 11.3 Å². The van der Waals surface area contributed by atoms with Crippen molar-refractivity contribution >= 4 is 40.2 Å². The lowest BCUT2D eigenvalue weighted by molar-refractivity contribution is 0.0943. The van der Waals surface area contributed by atoms with Crippen LogP contribution in [0, 0.1) is 11.3 Å². The molecule has 2 fully saturated rings. The molecule has 8 heteroatoms. The van der Waals surface area contributed by atoms with Crippen molar-refractivity contribution in [2.24, 2.45) is 17.1 Å². The summed E-state index contributed by atoms with van der Waals surface area (Å²) in [4.78, 5) is 20.7. The highest BCUT2D eigenvalue weighted by atomic mass is 35.5. The highest BCUT2D eigenvalue weighted by molar-refractivity contribution is 6.33. The largest absolute Gasteiger partial charge is 0.384 e. The van der Waals surface area contributed by atoms with E-state index in [2.05, 4.69) is 45.2 Å². The topological polar surface area (TPSA) is 108 Å². The normalized spacial score (nSPS) is 16.8. The molecule has 2 aliphatic rings. The molecule has 1 amide bonds. The van der Waals surface area contributed by atoms with Crippen LogP contribution in [0.15, 0.2) is 48.7 Å². The molecule has 0 saturated heterocycles. The smallest absolute Gasteiger partial charge is 0.251 e. The maximum absolute atomic E-state index is 12.7. The summed E-state index contributed by atoms with van der Waals surface area (Å²) in [6.07, 6.45) is 11.2. The van der Waals surface area contributed by atoms with E-state index in [4.69, 9.17) is 11.6 Å². The van der Waals surface area contributed by atoms with Crippen LogP contribution >= 0.6 is 11.6 Å². The van der Waals surface area contributed by atoms with Gasteiger partial charge in [-0.1, -0.05) is 63.3 Å². The van der Waals surface area contributed by atoms with Crippen molar-refractivity contribution in [3.05, 3.63) is 64.8 Å². The lowest BCUT2D eigenvalue weighted by atomic mass is 9.85. The quantitative estimate of drug-likeness (QED) is 0.196. The third kappa shape index (κ3) is 7.34. The van der Waals surface area contributed by atoms with Crippen LogP contribution in [0.25, 0.3) is 11.0 Å². The number of allylic oxidation sites excluding steroid dienone is 1. The van der Waals surface area contributed by atoms with E-state index in [9.17, 15) is 4.79 Å². The third-order valence-electron chi connectivity index (χ3n) is 8.25. The number of halogens is 1. The van der Waals surface area contributed by atoms with E-state index < -0.39 is 0 Å². The maximum atomic E-state index is 12.7. The van der Waals surface area contributed by atoms with Crippen molar-refractivity contribution in [2.45, 2.75) is 71.3 Å². The van der Waals surface area contributed by atoms with Crippen LogP contribution < -0.4 is 21.7 Å². The average molecular weight is 551 g/mol. The number of hydrogen-bond donors (Lipinski definition) is 5. The van der Waals surface area contributed by atoms with Crippen molar-refractivity contribution in [1.29, 1.82) is 0 Å². The Morgan fingerprint density at radius 3 is 2.56 bits per heavy atom. The zero-order valence-electron chi connectivity index (χ0n) is 23.3. The van der Waals surface area contributed by atoms with Gasteiger partial charge in [-0.25, -0.2) is 4.98 Å². The van der Waals surface area contributed by atoms with Gasteiger partial charge < -0.3 is 26.7 Å². The van der Waals surface area contributed by atoms with E-state index in [1.54, 1.807) is 0 Å². The predicted molar refractivity (Wildman–Crippen MR) is 162 cm³/mol. The predicted octanol–water partition coefficient (Wildman–Crippen LogP) is 7.03. The van der Waals surface area contributed by atoms with E-state index in [1.165, 1.54) is 64.8 Å². The Morgan fingerprint density at radius 2 is 1.82 bits per heavy atom. The van der Waals surface area contributed by atoms with Gasteiger partial charge in [0.05, 0.1) is 21.7 Å². The molecular weight excluding hydrogens is 508 g/mol. The Balaban J connectivity index is 0.00000172. The highest BCUT2D eigenvalue weighted by Gasteiger charge is 2.31. The number of hydrogen-bond acceptors (Lipinski definition) is 5. The zero-order valence-corrected chi connectivity index (χ0v) is 24.1. The first kappa shape index (κ1) is 29.0. The molecule has 1 heterocycles. The molecule has 0 bridgehead atoms. The summed E-state index contributed by atoms with van der Waals surface area (Å²) in [6.45, 7) is 8.06. The van der Waals surface area contributed by atoms with Crippen molar-refractivity contribution < 1.29 is 4.79 Å². The summed E-state index contributed by atoms with van der Waals surface area (Å²) < 4.78 is 0. The molecule has 2 saturated carbocycles. The van der Waals surface area contributed by atoms with Crippen LogP contribution in [0.5, 0.6) is 0 Å². The molecule has 5 rings (SSSR count). The molecule has 2 aromatic carbocycles. The molecule has 210 valence electrons. The Labute approximate surface area is 237 Å². The van der Waals surface area contributed by atoms with Crippen LogP contribution in [0.1, 0.15) is 80.6 Å². The second kappa shape index (κ2) is 13.4. The lowest BCUT2D eigenvalue weighted by Gasteiger charge is -2.27. The molecule has 7 nitrogen and oxygen atoms in total. The number of rotatable bonds is 9. The summed E-state index contributed by atoms with van der Waals surface area (Å²) in [5, 5.41) is 10.6. The van der Waals surface area contributed by atoms with Gasteiger partial charge in [-0.2, -0.15) is 0 Å². The number of H-pyrrole nitrogens is 1. The second-order valence-electron chi connectivity index (χ2n) is 11.1. The Morgan fingerprint density at radius 1 is 1.08 bits per heavy atom. The van der Waals surface area contributed by atoms with Gasteiger partial charge in [-0.05, 0) is 74.5 Å². The fraction of sp³-hybridized carbons (Fsp3) is 0.484. The number of carbonyl (C=O) groups excluding carboxylic acids is 1. The number of nitrogens with zero attached hydrogens (tertiary/aromatic N) is 1. The van der Waals surface area contributed by atoms with Crippen LogP contribution in [0.4, 0.5) is 11.6 Å². The molecule has 1 aromatic heterocycles. The van der Waals surface area contributed by atoms with Crippen molar-refractivity contribution in [3.63, 3.8) is 0 Å². The molecule has 0 unspecified atom stereocenters. The number of nitrogens with one attached hydrogen (secondary N) is 4. The minimum atomic E-state index is -0.0344. The van der Waals surface area contributed by atoms with Crippen LogP contribution in [0.3, 0.4) is 0 Å². The summed E-state index contributed by atoms with van der Waals surface area (Å²) in [5.41, 5.74) is 9.94. The third-order valence-corrected chi connectivity index (χ3v) is 8.58. The number of imidazole rings is 1. The van der Waals surface area contributed by atoms with Gasteiger partial charge in [-0.3, -0.25) is 4.79 Å². The molecule has 0 atom stereocenters. The summed E-state index contributed by atoms with van der Waals surface area (Å²) >= 11 is 6.50. The Hall–Kier alpha value is -3.03. The van der Waals surface area contributed by atoms with Crippen molar-refractivity contribution in [3.8, 4) is 0 Å². The zero-order chi connectivity index (χ0) is 27.8. The monoisotopic (exact) mass is 550 g/mol. The highest BCUT2D eigenvalue weighted by Crippen LogP contribution is 2.42. The van der Waals surface area contributed by atoms with Gasteiger partial charge in [0.1, 0.15) is 0 Å². The van der Waals surface area contributed by atoms with E-state index in [0.29, 0.717) is 29.0 Å². The minimum absolute atomic E-state index is 0.0344. The first-order valence-electron chi connectivity index (χ1n) is 14.2. The Bertz CT molecular complexity index is 1270. The van der Waals surface area contributed by atoms with Gasteiger partial charge >= 0.3 is 0 Å². The molecule has 0 spiro atoms. The van der Waals surface area contributed by atoms with Gasteiger partial charge in [0, 0.05) is 29.8 Å². The molecule has 0 aliphatic heterocycles. The number of carbonyl (C=O) groups is 1. The maximum Gasteiger partial charge on any atom is 0.251 e. The average Bonchev–Trinajstić information content (AvgIpc) is 3.59. The number of anilines is 2. The van der Waals surface area contributed by atoms with Gasteiger partial charge in [0.15, 0.2) is 0 Å². The lowest BCUT2D eigenvalue weighted by Crippen LogP contribution is -2.30. The van der Waals surface area contributed by atoms with E-state index in [0.717, 1.165) is 34.5 Å². The standard InChI is InChI=1S/C30H38ClN5O.CH5N/c1-20(30(2)14-6-7-15-30)32-19-22-10-12-24(31)26(16-22)35-29-34-25-13-11-23(17-27(25)36-29)28(37)33-18-21-8-4-3-5-9-21;1-2/h10-13,16-17,21,32H,1,3-9,14-15,18-19H2,2H3,(H,33,37)(H2,34,35,36);2H2,1H3. The minimum Gasteiger partial charge on any atom is -0.384 e. The molecule has 2 aliphatic carbocycles. The second-order valence-corrected chi connectivity index (χ2v) is 11.5. The van der Waals surface area contributed by atoms with Gasteiger partial charge in [-0.15, -0.1) is 0 Å². The molecular formula is C31H43ClN6O. The fourth-order valence-corrected chi connectivity index (χ4v) is 5.89. The van der Waals surface area contributed by atoms with Crippen LogP contribution in [-0.4, -0.2) is 29.5 Å². The number of aromatic nitrogens is 2. The van der Waals surface area contributed by atoms with Crippen molar-refractivity contribution in [2.75, 3.05) is 18.9 Å². The Kier molecular flexibility index (Phi) is 9.92. The molecule has 39 heavy (non-hydrogen) atoms. The van der Waals surface area contributed by atoms with Crippen LogP contribution in [-0.2, 0) is 6.54 Å². The number of nitrogens with two attached hydrogens (primary N) is 1. The van der Waals surface area contributed by atoms with E-state index >= 15 is 0 Å². The fourth-order valence-electron chi connectivity index (χ4n) is 5.73. The van der Waals surface area contributed by atoms with Gasteiger partial charge in [0.2, 0.25) is 5.95 Å². The first-order chi connectivity index (χ1) is 18.9.